The quantitative estimate of drug-likeness (QED) is 0.480. The Balaban J connectivity index is 1.44. The average Bonchev–Trinajstić information content (AvgIpc) is 3.33. The lowest BCUT2D eigenvalue weighted by Crippen LogP contribution is -2.56. The highest BCUT2D eigenvalue weighted by atomic mass is 35.5. The van der Waals surface area contributed by atoms with Crippen LogP contribution in [0, 0.1) is 23.0 Å². The van der Waals surface area contributed by atoms with Crippen molar-refractivity contribution in [2.75, 3.05) is 31.5 Å². The molecule has 4 rings (SSSR count). The van der Waals surface area contributed by atoms with Gasteiger partial charge in [0.25, 0.3) is 11.6 Å². The van der Waals surface area contributed by atoms with Crippen molar-refractivity contribution in [2.24, 2.45) is 5.92 Å². The van der Waals surface area contributed by atoms with Gasteiger partial charge in [0.05, 0.1) is 11.0 Å². The molecule has 1 saturated heterocycles. The molecule has 0 radical (unpaired) electrons. The van der Waals surface area contributed by atoms with E-state index in [-0.39, 0.29) is 29.5 Å². The molecule has 1 saturated carbocycles. The summed E-state index contributed by atoms with van der Waals surface area (Å²) in [6.45, 7) is 3.73. The van der Waals surface area contributed by atoms with Gasteiger partial charge < -0.3 is 10.2 Å². The zero-order valence-electron chi connectivity index (χ0n) is 19.2. The molecule has 2 aromatic rings. The van der Waals surface area contributed by atoms with Crippen LogP contribution in [0.2, 0.25) is 5.02 Å². The van der Waals surface area contributed by atoms with E-state index in [2.05, 4.69) is 10.2 Å². The van der Waals surface area contributed by atoms with Gasteiger partial charge >= 0.3 is 0 Å². The van der Waals surface area contributed by atoms with Crippen molar-refractivity contribution in [1.29, 1.82) is 0 Å². The molecule has 1 heterocycles. The number of hydrogen-bond donors (Lipinski definition) is 1. The zero-order chi connectivity index (χ0) is 24.2. The Morgan fingerprint density at radius 2 is 1.79 bits per heavy atom. The van der Waals surface area contributed by atoms with Crippen molar-refractivity contribution >= 4 is 34.8 Å². The summed E-state index contributed by atoms with van der Waals surface area (Å²) in [5.41, 5.74) is 1.46. The van der Waals surface area contributed by atoms with E-state index in [0.29, 0.717) is 48.0 Å². The van der Waals surface area contributed by atoms with Gasteiger partial charge in [-0.2, -0.15) is 0 Å². The Morgan fingerprint density at radius 3 is 2.44 bits per heavy atom. The number of nitrogens with one attached hydrogen (secondary N) is 1. The van der Waals surface area contributed by atoms with E-state index in [9.17, 15) is 19.7 Å². The van der Waals surface area contributed by atoms with Crippen LogP contribution >= 0.6 is 11.6 Å². The minimum atomic E-state index is -0.464. The highest BCUT2D eigenvalue weighted by Crippen LogP contribution is 2.32. The van der Waals surface area contributed by atoms with Crippen LogP contribution in [0.3, 0.4) is 0 Å². The molecule has 9 heteroatoms. The summed E-state index contributed by atoms with van der Waals surface area (Å²) >= 11 is 6.08. The maximum absolute atomic E-state index is 13.3. The molecule has 1 aliphatic heterocycles. The number of amides is 2. The lowest BCUT2D eigenvalue weighted by Gasteiger charge is -2.40. The molecular weight excluding hydrogens is 456 g/mol. The van der Waals surface area contributed by atoms with Crippen molar-refractivity contribution in [3.63, 3.8) is 0 Å². The molecule has 0 spiro atoms. The van der Waals surface area contributed by atoms with Crippen LogP contribution in [0.4, 0.5) is 11.4 Å². The molecule has 2 amide bonds. The molecule has 0 unspecified atom stereocenters. The highest BCUT2D eigenvalue weighted by Gasteiger charge is 2.37. The van der Waals surface area contributed by atoms with E-state index in [1.54, 1.807) is 36.1 Å². The highest BCUT2D eigenvalue weighted by molar-refractivity contribution is 6.30. The van der Waals surface area contributed by atoms with Gasteiger partial charge in [-0.3, -0.25) is 24.6 Å². The van der Waals surface area contributed by atoms with Gasteiger partial charge in [-0.1, -0.05) is 36.6 Å². The summed E-state index contributed by atoms with van der Waals surface area (Å²) in [6, 6.07) is 11.5. The van der Waals surface area contributed by atoms with Gasteiger partial charge in [-0.25, -0.2) is 0 Å². The minimum Gasteiger partial charge on any atom is -0.336 e. The number of aryl methyl sites for hydroxylation is 1. The van der Waals surface area contributed by atoms with Gasteiger partial charge in [0.1, 0.15) is 0 Å². The Morgan fingerprint density at radius 1 is 1.09 bits per heavy atom. The van der Waals surface area contributed by atoms with Crippen molar-refractivity contribution in [3.8, 4) is 0 Å². The molecule has 2 aliphatic rings. The number of carbonyl (C=O) groups excluding carboxylic acids is 2. The third kappa shape index (κ3) is 5.39. The molecule has 0 aromatic heterocycles. The van der Waals surface area contributed by atoms with Crippen LogP contribution in [0.15, 0.2) is 42.5 Å². The van der Waals surface area contributed by atoms with Crippen LogP contribution in [0.5, 0.6) is 0 Å². The fourth-order valence-corrected chi connectivity index (χ4v) is 5.25. The van der Waals surface area contributed by atoms with Crippen LogP contribution in [-0.2, 0) is 4.79 Å². The van der Waals surface area contributed by atoms with Crippen LogP contribution in [0.1, 0.15) is 41.6 Å². The van der Waals surface area contributed by atoms with E-state index in [1.807, 2.05) is 12.1 Å². The minimum absolute atomic E-state index is 0.0388. The number of halogens is 1. The smallest absolute Gasteiger partial charge is 0.273 e. The van der Waals surface area contributed by atoms with E-state index in [4.69, 9.17) is 11.6 Å². The normalized spacial score (nSPS) is 18.0. The average molecular weight is 485 g/mol. The Kier molecular flexibility index (Phi) is 7.48. The predicted molar refractivity (Wildman–Crippen MR) is 131 cm³/mol. The monoisotopic (exact) mass is 484 g/mol. The van der Waals surface area contributed by atoms with Crippen molar-refractivity contribution < 1.29 is 14.5 Å². The van der Waals surface area contributed by atoms with Gasteiger partial charge in [0, 0.05) is 54.1 Å². The summed E-state index contributed by atoms with van der Waals surface area (Å²) < 4.78 is 0. The summed E-state index contributed by atoms with van der Waals surface area (Å²) in [6.07, 6.45) is 4.27. The van der Waals surface area contributed by atoms with Crippen LogP contribution in [-0.4, -0.2) is 58.8 Å². The Labute approximate surface area is 204 Å². The number of anilines is 1. The van der Waals surface area contributed by atoms with Gasteiger partial charge in [-0.05, 0) is 49.9 Å². The lowest BCUT2D eigenvalue weighted by molar-refractivity contribution is -0.385. The van der Waals surface area contributed by atoms with E-state index < -0.39 is 4.92 Å². The number of piperazine rings is 1. The molecule has 2 fully saturated rings. The number of rotatable bonds is 6. The molecule has 1 aliphatic carbocycles. The zero-order valence-corrected chi connectivity index (χ0v) is 20.0. The molecule has 1 atom stereocenters. The topological polar surface area (TPSA) is 95.8 Å². The third-order valence-electron chi connectivity index (χ3n) is 6.85. The first-order valence-electron chi connectivity index (χ1n) is 11.7. The second-order valence-corrected chi connectivity index (χ2v) is 9.51. The first-order chi connectivity index (χ1) is 16.3. The van der Waals surface area contributed by atoms with Gasteiger partial charge in [0.2, 0.25) is 5.91 Å². The second-order valence-electron chi connectivity index (χ2n) is 9.08. The molecular formula is C25H29ClN4O4. The summed E-state index contributed by atoms with van der Waals surface area (Å²) in [4.78, 5) is 41.0. The maximum Gasteiger partial charge on any atom is 0.273 e. The molecule has 8 nitrogen and oxygen atoms in total. The number of nitrogens with zero attached hydrogens (tertiary/aromatic N) is 3. The second kappa shape index (κ2) is 10.5. The number of benzene rings is 2. The number of hydrogen-bond acceptors (Lipinski definition) is 5. The SMILES string of the molecule is Cc1ccc(C(=O)N2CCN([C@H](C(=O)Nc3cccc(Cl)c3)C3CCCC3)CC2)cc1[N+](=O)[O-]. The molecule has 0 bridgehead atoms. The lowest BCUT2D eigenvalue weighted by atomic mass is 9.94. The molecule has 34 heavy (non-hydrogen) atoms. The molecule has 1 N–H and O–H groups in total. The molecule has 2 aromatic carbocycles. The third-order valence-corrected chi connectivity index (χ3v) is 7.09. The number of nitro benzene ring substituents is 1. The fraction of sp³-hybridized carbons (Fsp3) is 0.440. The standard InChI is InChI=1S/C25H29ClN4O4/c1-17-9-10-19(15-22(17)30(33)34)25(32)29-13-11-28(12-14-29)23(18-5-2-3-6-18)24(31)27-21-8-4-7-20(26)16-21/h4,7-10,15-16,18,23H,2-3,5-6,11-14H2,1H3,(H,27,31)/t23-/m0/s1. The summed E-state index contributed by atoms with van der Waals surface area (Å²) in [5, 5.41) is 14.9. The Bertz CT molecular complexity index is 1080. The molecule has 180 valence electrons. The first kappa shape index (κ1) is 24.2. The van der Waals surface area contributed by atoms with Crippen LogP contribution in [0.25, 0.3) is 0 Å². The number of carbonyl (C=O) groups is 2. The summed E-state index contributed by atoms with van der Waals surface area (Å²) in [5.74, 6) is 0.0211. The van der Waals surface area contributed by atoms with E-state index in [1.165, 1.54) is 6.07 Å². The fourth-order valence-electron chi connectivity index (χ4n) is 5.06. The maximum atomic E-state index is 13.3. The van der Waals surface area contributed by atoms with Crippen molar-refractivity contribution in [2.45, 2.75) is 38.6 Å². The number of nitro groups is 1. The largest absolute Gasteiger partial charge is 0.336 e. The summed E-state index contributed by atoms with van der Waals surface area (Å²) in [7, 11) is 0. The van der Waals surface area contributed by atoms with Crippen LogP contribution < -0.4 is 5.32 Å². The van der Waals surface area contributed by atoms with Crippen molar-refractivity contribution in [1.82, 2.24) is 9.80 Å². The Hall–Kier alpha value is -2.97. The first-order valence-corrected chi connectivity index (χ1v) is 12.1. The van der Waals surface area contributed by atoms with E-state index >= 15 is 0 Å². The van der Waals surface area contributed by atoms with Crippen molar-refractivity contribution in [3.05, 3.63) is 68.7 Å². The van der Waals surface area contributed by atoms with Gasteiger partial charge in [0.15, 0.2) is 0 Å². The van der Waals surface area contributed by atoms with E-state index in [0.717, 1.165) is 25.7 Å². The predicted octanol–water partition coefficient (Wildman–Crippen LogP) is 4.51. The van der Waals surface area contributed by atoms with Gasteiger partial charge in [-0.15, -0.1) is 0 Å².